The number of allylic oxidation sites excluding steroid dienone is 2. The molecular weight excluding hydrogens is 392 g/mol. The van der Waals surface area contributed by atoms with Crippen molar-refractivity contribution < 1.29 is 4.79 Å². The third kappa shape index (κ3) is 5.51. The fourth-order valence-corrected chi connectivity index (χ4v) is 4.50. The number of hydrogen-bond acceptors (Lipinski definition) is 2. The summed E-state index contributed by atoms with van der Waals surface area (Å²) in [6.07, 6.45) is 8.32. The van der Waals surface area contributed by atoms with Gasteiger partial charge in [-0.25, -0.2) is 0 Å². The van der Waals surface area contributed by atoms with Crippen molar-refractivity contribution in [2.24, 2.45) is 0 Å². The number of hydrogen-bond donors (Lipinski definition) is 1. The fourth-order valence-electron chi connectivity index (χ4n) is 4.50. The third-order valence-electron chi connectivity index (χ3n) is 6.27. The van der Waals surface area contributed by atoms with E-state index in [0.29, 0.717) is 6.04 Å². The number of nitrogens with zero attached hydrogens (tertiary/aromatic N) is 1. The van der Waals surface area contributed by atoms with Gasteiger partial charge in [-0.3, -0.25) is 4.79 Å². The number of benzene rings is 2. The van der Waals surface area contributed by atoms with Gasteiger partial charge in [-0.1, -0.05) is 69.3 Å². The van der Waals surface area contributed by atoms with Crippen LogP contribution in [-0.2, 0) is 0 Å². The van der Waals surface area contributed by atoms with E-state index in [2.05, 4.69) is 74.0 Å². The molecule has 0 heterocycles. The maximum absolute atomic E-state index is 13.5. The van der Waals surface area contributed by atoms with Crippen molar-refractivity contribution in [2.45, 2.75) is 71.4 Å². The Morgan fingerprint density at radius 3 is 2.28 bits per heavy atom. The molecule has 1 unspecified atom stereocenters. The van der Waals surface area contributed by atoms with E-state index in [9.17, 15) is 4.79 Å². The molecule has 2 aliphatic carbocycles. The molecule has 170 valence electrons. The van der Waals surface area contributed by atoms with Crippen LogP contribution in [0.3, 0.4) is 0 Å². The summed E-state index contributed by atoms with van der Waals surface area (Å²) >= 11 is 0. The zero-order chi connectivity index (χ0) is 23.1. The van der Waals surface area contributed by atoms with Crippen LogP contribution in [0.1, 0.15) is 68.3 Å². The van der Waals surface area contributed by atoms with Crippen LogP contribution in [0, 0.1) is 6.92 Å². The molecule has 3 nitrogen and oxygen atoms in total. The molecule has 0 aromatic heterocycles. The molecule has 1 saturated carbocycles. The predicted octanol–water partition coefficient (Wildman–Crippen LogP) is 6.89. The number of nitrogens with one attached hydrogen (secondary N) is 1. The minimum absolute atomic E-state index is 0.171. The average Bonchev–Trinajstić information content (AvgIpc) is 3.65. The van der Waals surface area contributed by atoms with Gasteiger partial charge in [0.2, 0.25) is 0 Å². The van der Waals surface area contributed by atoms with Gasteiger partial charge in [-0.2, -0.15) is 0 Å². The topological polar surface area (TPSA) is 32.3 Å². The lowest BCUT2D eigenvalue weighted by molar-refractivity contribution is 0.0643. The average molecular weight is 431 g/mol. The van der Waals surface area contributed by atoms with Crippen molar-refractivity contribution in [3.05, 3.63) is 83.6 Å². The van der Waals surface area contributed by atoms with Crippen LogP contribution in [-0.4, -0.2) is 29.9 Å². The lowest BCUT2D eigenvalue weighted by atomic mass is 9.90. The second-order valence-electron chi connectivity index (χ2n) is 8.90. The van der Waals surface area contributed by atoms with Gasteiger partial charge in [-0.15, -0.1) is 0 Å². The van der Waals surface area contributed by atoms with Crippen LogP contribution >= 0.6 is 0 Å². The predicted molar refractivity (Wildman–Crippen MR) is 136 cm³/mol. The highest BCUT2D eigenvalue weighted by atomic mass is 16.2. The number of rotatable bonds is 6. The Bertz CT molecular complexity index is 953. The van der Waals surface area contributed by atoms with Gasteiger partial charge >= 0.3 is 0 Å². The SMILES string of the molecule is C=CC1=C(NC)CCC(N(C(=O)c2ccc(-c3ccccc3C)cc2)C2CC2)C1.CCC. The molecule has 0 aliphatic heterocycles. The van der Waals surface area contributed by atoms with Gasteiger partial charge in [0.15, 0.2) is 0 Å². The molecule has 2 aliphatic rings. The van der Waals surface area contributed by atoms with Gasteiger partial charge in [0.05, 0.1) is 0 Å². The van der Waals surface area contributed by atoms with E-state index in [1.54, 1.807) is 0 Å². The van der Waals surface area contributed by atoms with Crippen molar-refractivity contribution in [2.75, 3.05) is 7.05 Å². The largest absolute Gasteiger partial charge is 0.391 e. The zero-order valence-corrected chi connectivity index (χ0v) is 20.2. The van der Waals surface area contributed by atoms with Crippen LogP contribution in [0.15, 0.2) is 72.5 Å². The van der Waals surface area contributed by atoms with Crippen molar-refractivity contribution in [3.8, 4) is 11.1 Å². The number of carbonyl (C=O) groups is 1. The highest BCUT2D eigenvalue weighted by Crippen LogP contribution is 2.36. The molecular formula is C29H38N2O. The quantitative estimate of drug-likeness (QED) is 0.541. The van der Waals surface area contributed by atoms with Gasteiger partial charge in [0, 0.05) is 30.4 Å². The Morgan fingerprint density at radius 2 is 1.72 bits per heavy atom. The van der Waals surface area contributed by atoms with Crippen molar-refractivity contribution in [1.29, 1.82) is 0 Å². The molecule has 1 fully saturated rings. The van der Waals surface area contributed by atoms with E-state index in [1.165, 1.54) is 28.8 Å². The summed E-state index contributed by atoms with van der Waals surface area (Å²) in [5, 5.41) is 3.30. The van der Waals surface area contributed by atoms with Crippen molar-refractivity contribution in [1.82, 2.24) is 10.2 Å². The highest BCUT2D eigenvalue weighted by Gasteiger charge is 2.39. The Morgan fingerprint density at radius 1 is 1.06 bits per heavy atom. The molecule has 32 heavy (non-hydrogen) atoms. The Hall–Kier alpha value is -2.81. The molecule has 0 bridgehead atoms. The van der Waals surface area contributed by atoms with Crippen LogP contribution < -0.4 is 5.32 Å². The molecule has 0 spiro atoms. The van der Waals surface area contributed by atoms with E-state index in [4.69, 9.17) is 0 Å². The van der Waals surface area contributed by atoms with Gasteiger partial charge in [-0.05, 0) is 73.4 Å². The lowest BCUT2D eigenvalue weighted by Gasteiger charge is -2.36. The monoisotopic (exact) mass is 430 g/mol. The summed E-state index contributed by atoms with van der Waals surface area (Å²) in [5.41, 5.74) is 6.93. The van der Waals surface area contributed by atoms with Crippen molar-refractivity contribution in [3.63, 3.8) is 0 Å². The van der Waals surface area contributed by atoms with E-state index >= 15 is 0 Å². The number of amides is 1. The van der Waals surface area contributed by atoms with Gasteiger partial charge < -0.3 is 10.2 Å². The minimum Gasteiger partial charge on any atom is -0.391 e. The summed E-state index contributed by atoms with van der Waals surface area (Å²) in [5.74, 6) is 0.171. The first-order valence-corrected chi connectivity index (χ1v) is 12.0. The van der Waals surface area contributed by atoms with E-state index in [1.807, 2.05) is 25.3 Å². The maximum atomic E-state index is 13.5. The summed E-state index contributed by atoms with van der Waals surface area (Å²) < 4.78 is 0. The molecule has 1 N–H and O–H groups in total. The lowest BCUT2D eigenvalue weighted by Crippen LogP contribution is -2.43. The first-order chi connectivity index (χ1) is 15.5. The molecule has 0 radical (unpaired) electrons. The maximum Gasteiger partial charge on any atom is 0.254 e. The van der Waals surface area contributed by atoms with Crippen LogP contribution in [0.2, 0.25) is 0 Å². The first-order valence-electron chi connectivity index (χ1n) is 12.0. The summed E-state index contributed by atoms with van der Waals surface area (Å²) in [6.45, 7) is 10.4. The van der Waals surface area contributed by atoms with E-state index < -0.39 is 0 Å². The summed E-state index contributed by atoms with van der Waals surface area (Å²) in [4.78, 5) is 15.6. The molecule has 3 heteroatoms. The highest BCUT2D eigenvalue weighted by molar-refractivity contribution is 5.95. The minimum atomic E-state index is 0.171. The first kappa shape index (κ1) is 23.8. The number of aryl methyl sites for hydroxylation is 1. The van der Waals surface area contributed by atoms with Crippen LogP contribution in [0.25, 0.3) is 11.1 Å². The van der Waals surface area contributed by atoms with Crippen LogP contribution in [0.5, 0.6) is 0 Å². The van der Waals surface area contributed by atoms with E-state index in [-0.39, 0.29) is 11.9 Å². The standard InChI is InChI=1S/C26H30N2O.C3H8/c1-4-19-17-23(15-16-25(19)27-3)28(22-13-14-22)26(29)21-11-9-20(10-12-21)24-8-6-5-7-18(24)2;1-3-2/h4-12,22-23,27H,1,13-17H2,2-3H3;3H2,1-2H3. The molecule has 2 aromatic carbocycles. The van der Waals surface area contributed by atoms with Crippen LogP contribution in [0.4, 0.5) is 0 Å². The van der Waals surface area contributed by atoms with Gasteiger partial charge in [0.25, 0.3) is 5.91 Å². The van der Waals surface area contributed by atoms with E-state index in [0.717, 1.165) is 43.2 Å². The molecule has 1 atom stereocenters. The second-order valence-corrected chi connectivity index (χ2v) is 8.90. The second kappa shape index (κ2) is 11.2. The molecule has 4 rings (SSSR count). The summed E-state index contributed by atoms with van der Waals surface area (Å²) in [6, 6.07) is 17.2. The molecule has 0 saturated heterocycles. The Balaban J connectivity index is 0.000000913. The van der Waals surface area contributed by atoms with Gasteiger partial charge in [0.1, 0.15) is 0 Å². The zero-order valence-electron chi connectivity index (χ0n) is 20.2. The Kier molecular flexibility index (Phi) is 8.33. The molecule has 2 aromatic rings. The Labute approximate surface area is 194 Å². The summed E-state index contributed by atoms with van der Waals surface area (Å²) in [7, 11) is 1.97. The normalized spacial score (nSPS) is 17.8. The smallest absolute Gasteiger partial charge is 0.254 e. The fraction of sp³-hybridized carbons (Fsp3) is 0.414. The van der Waals surface area contributed by atoms with Crippen molar-refractivity contribution >= 4 is 5.91 Å². The third-order valence-corrected chi connectivity index (χ3v) is 6.27. The number of carbonyl (C=O) groups excluding carboxylic acids is 1. The molecule has 1 amide bonds.